The van der Waals surface area contributed by atoms with E-state index in [1.54, 1.807) is 7.11 Å². The zero-order chi connectivity index (χ0) is 19.8. The zero-order valence-electron chi connectivity index (χ0n) is 14.5. The van der Waals surface area contributed by atoms with Crippen molar-refractivity contribution >= 4 is 113 Å². The van der Waals surface area contributed by atoms with Crippen LogP contribution in [0.15, 0.2) is 41.0 Å². The maximum absolute atomic E-state index is 6.05. The number of benzene rings is 2. The number of ether oxygens (including phenoxy) is 1. The van der Waals surface area contributed by atoms with E-state index in [0.29, 0.717) is 5.88 Å². The summed E-state index contributed by atoms with van der Waals surface area (Å²) in [7, 11) is 1.68. The van der Waals surface area contributed by atoms with Crippen molar-refractivity contribution in [3.63, 3.8) is 0 Å². The molecule has 146 valence electrons. The molecule has 0 fully saturated rings. The van der Waals surface area contributed by atoms with Gasteiger partial charge in [0, 0.05) is 39.4 Å². The lowest BCUT2D eigenvalue weighted by atomic mass is 10.0. The van der Waals surface area contributed by atoms with E-state index in [4.69, 9.17) is 25.5 Å². The van der Waals surface area contributed by atoms with Crippen LogP contribution < -0.4 is 8.92 Å². The van der Waals surface area contributed by atoms with Gasteiger partial charge in [-0.1, -0.05) is 0 Å². The van der Waals surface area contributed by atoms with Gasteiger partial charge in [0.1, 0.15) is 31.2 Å². The van der Waals surface area contributed by atoms with Gasteiger partial charge in [-0.05, 0) is 95.7 Å². The van der Waals surface area contributed by atoms with E-state index >= 15 is 0 Å². The van der Waals surface area contributed by atoms with Crippen LogP contribution in [0.25, 0.3) is 27.3 Å². The van der Waals surface area contributed by atoms with Crippen LogP contribution in [0.1, 0.15) is 5.69 Å². The topological polar surface area (TPSA) is 35.8 Å². The lowest BCUT2D eigenvalue weighted by Gasteiger charge is -2.14. The summed E-state index contributed by atoms with van der Waals surface area (Å²) in [6.45, 7) is 0. The molecule has 2 aromatic heterocycles. The average molecular weight is 722 g/mol. The Kier molecular flexibility index (Phi) is 7.04. The van der Waals surface area contributed by atoms with Crippen molar-refractivity contribution in [3.8, 4) is 11.5 Å². The molecule has 0 amide bonds. The standard InChI is InChI=1S/C18H13BrClI2N2O2PS/c1-25-11-2-3-13-14-7-12(26-28-27(21)22)8-16(19)17(14)24-10(4-5-20)9-23-18(24)15(13)6-11/h2-3,6-9H,4-5H2,1H3. The summed E-state index contributed by atoms with van der Waals surface area (Å²) < 4.78 is 14.3. The van der Waals surface area contributed by atoms with E-state index in [9.17, 15) is 0 Å². The van der Waals surface area contributed by atoms with E-state index in [-0.39, 0.29) is 2.41 Å². The van der Waals surface area contributed by atoms with Crippen molar-refractivity contribution in [2.75, 3.05) is 13.0 Å². The predicted molar refractivity (Wildman–Crippen MR) is 142 cm³/mol. The smallest absolute Gasteiger partial charge is 0.145 e. The second-order valence-electron chi connectivity index (χ2n) is 5.92. The highest BCUT2D eigenvalue weighted by atomic mass is 127. The number of halogens is 4. The number of hydrogen-bond donors (Lipinski definition) is 0. The van der Waals surface area contributed by atoms with Gasteiger partial charge in [-0.25, -0.2) is 4.98 Å². The third-order valence-electron chi connectivity index (χ3n) is 4.39. The minimum atomic E-state index is -0.276. The number of hydrogen-bond acceptors (Lipinski definition) is 4. The molecule has 0 aliphatic heterocycles. The third kappa shape index (κ3) is 4.06. The summed E-state index contributed by atoms with van der Waals surface area (Å²) in [5.74, 6) is 2.16. The van der Waals surface area contributed by atoms with Gasteiger partial charge in [0.2, 0.25) is 0 Å². The molecule has 2 heterocycles. The second kappa shape index (κ2) is 9.18. The van der Waals surface area contributed by atoms with E-state index in [1.807, 2.05) is 24.4 Å². The van der Waals surface area contributed by atoms with Crippen LogP contribution in [-0.4, -0.2) is 22.4 Å². The van der Waals surface area contributed by atoms with Gasteiger partial charge < -0.3 is 8.92 Å². The van der Waals surface area contributed by atoms with Gasteiger partial charge in [-0.15, -0.1) is 11.6 Å². The molecule has 0 spiro atoms. The summed E-state index contributed by atoms with van der Waals surface area (Å²) in [4.78, 5) is 4.71. The molecule has 0 aliphatic rings. The number of fused-ring (bicyclic) bond motifs is 6. The quantitative estimate of drug-likeness (QED) is 0.0660. The van der Waals surface area contributed by atoms with Gasteiger partial charge >= 0.3 is 0 Å². The Balaban J connectivity index is 2.10. The van der Waals surface area contributed by atoms with E-state index in [2.05, 4.69) is 76.5 Å². The largest absolute Gasteiger partial charge is 0.497 e. The van der Waals surface area contributed by atoms with Crippen LogP contribution in [0.2, 0.25) is 0 Å². The Morgan fingerprint density at radius 1 is 1.18 bits per heavy atom. The van der Waals surface area contributed by atoms with Crippen LogP contribution in [0.4, 0.5) is 0 Å². The molecule has 0 saturated heterocycles. The number of aryl methyl sites for hydroxylation is 1. The number of alkyl halides is 1. The highest BCUT2D eigenvalue weighted by Crippen LogP contribution is 2.64. The van der Waals surface area contributed by atoms with Gasteiger partial charge in [0.25, 0.3) is 0 Å². The molecule has 0 aliphatic carbocycles. The second-order valence-corrected chi connectivity index (χ2v) is 24.7. The SMILES string of the molecule is COc1ccc2c(c1)c1ncc(CCCl)n1c1c(Br)cc(OSP(I)I)cc21. The molecule has 0 N–H and O–H groups in total. The first-order chi connectivity index (χ1) is 13.5. The molecule has 28 heavy (non-hydrogen) atoms. The fourth-order valence-electron chi connectivity index (χ4n) is 3.30. The van der Waals surface area contributed by atoms with Gasteiger partial charge in [-0.2, -0.15) is 0 Å². The Morgan fingerprint density at radius 2 is 1.96 bits per heavy atom. The number of pyridine rings is 1. The van der Waals surface area contributed by atoms with E-state index < -0.39 is 0 Å². The predicted octanol–water partition coefficient (Wildman–Crippen LogP) is 8.32. The minimum Gasteiger partial charge on any atom is -0.497 e. The third-order valence-corrected chi connectivity index (χ3v) is 9.02. The molecular weight excluding hydrogens is 708 g/mol. The first-order valence-corrected chi connectivity index (χ1v) is 17.7. The van der Waals surface area contributed by atoms with Crippen molar-refractivity contribution < 1.29 is 8.92 Å². The van der Waals surface area contributed by atoms with Crippen LogP contribution >= 0.6 is 85.7 Å². The Bertz CT molecular complexity index is 1190. The summed E-state index contributed by atoms with van der Waals surface area (Å²) in [5.41, 5.74) is 3.04. The number of methoxy groups -OCH3 is 1. The molecule has 2 aromatic carbocycles. The highest BCUT2D eigenvalue weighted by Gasteiger charge is 2.17. The van der Waals surface area contributed by atoms with Gasteiger partial charge in [0.05, 0.1) is 12.6 Å². The summed E-state index contributed by atoms with van der Waals surface area (Å²) in [5, 5.41) is 3.23. The maximum atomic E-state index is 6.05. The maximum Gasteiger partial charge on any atom is 0.145 e. The molecule has 4 rings (SSSR count). The highest BCUT2D eigenvalue weighted by molar-refractivity contribution is 14.3. The molecule has 4 nitrogen and oxygen atoms in total. The molecule has 0 saturated carbocycles. The van der Waals surface area contributed by atoms with E-state index in [1.165, 1.54) is 11.7 Å². The number of nitrogens with zero attached hydrogens (tertiary/aromatic N) is 2. The number of rotatable bonds is 6. The molecule has 0 bridgehead atoms. The lowest BCUT2D eigenvalue weighted by molar-refractivity contribution is 0.415. The Hall–Kier alpha value is 0.260. The Morgan fingerprint density at radius 3 is 2.68 bits per heavy atom. The fraction of sp³-hybridized carbons (Fsp3) is 0.167. The molecule has 0 radical (unpaired) electrons. The minimum absolute atomic E-state index is 0.276. The normalized spacial score (nSPS) is 11.8. The van der Waals surface area contributed by atoms with E-state index in [0.717, 1.165) is 55.4 Å². The van der Waals surface area contributed by atoms with Gasteiger partial charge in [0.15, 0.2) is 0 Å². The van der Waals surface area contributed by atoms with Crippen molar-refractivity contribution in [3.05, 3.63) is 46.7 Å². The van der Waals surface area contributed by atoms with Crippen molar-refractivity contribution in [1.29, 1.82) is 0 Å². The summed E-state index contributed by atoms with van der Waals surface area (Å²) in [6, 6.07) is 10.2. The van der Waals surface area contributed by atoms with Gasteiger partial charge in [-0.3, -0.25) is 4.40 Å². The van der Waals surface area contributed by atoms with Crippen molar-refractivity contribution in [2.24, 2.45) is 0 Å². The first-order valence-electron chi connectivity index (χ1n) is 8.15. The van der Waals surface area contributed by atoms with Crippen LogP contribution in [0.5, 0.6) is 11.5 Å². The monoisotopic (exact) mass is 720 g/mol. The van der Waals surface area contributed by atoms with Crippen LogP contribution in [-0.2, 0) is 6.42 Å². The van der Waals surface area contributed by atoms with Crippen molar-refractivity contribution in [2.45, 2.75) is 6.42 Å². The molecule has 0 atom stereocenters. The summed E-state index contributed by atoms with van der Waals surface area (Å²) >= 11 is 16.1. The van der Waals surface area contributed by atoms with Crippen LogP contribution in [0, 0.1) is 0 Å². The molecule has 4 aromatic rings. The number of aromatic nitrogens is 2. The average Bonchev–Trinajstić information content (AvgIpc) is 3.10. The molecular formula is C18H13BrClI2N2O2PS. The first kappa shape index (κ1) is 21.5. The number of imidazole rings is 1. The zero-order valence-corrected chi connectivity index (χ0v) is 22.8. The van der Waals surface area contributed by atoms with Crippen molar-refractivity contribution in [1.82, 2.24) is 9.38 Å². The lowest BCUT2D eigenvalue weighted by Crippen LogP contribution is -1.99. The summed E-state index contributed by atoms with van der Waals surface area (Å²) in [6.07, 6.45) is 2.64. The Labute approximate surface area is 206 Å². The van der Waals surface area contributed by atoms with Crippen LogP contribution in [0.3, 0.4) is 0 Å². The molecule has 10 heteroatoms. The molecule has 0 unspecified atom stereocenters. The fourth-order valence-corrected chi connectivity index (χ4v) is 6.22.